The van der Waals surface area contributed by atoms with Gasteiger partial charge in [-0.1, -0.05) is 30.7 Å². The molecular formula is C16H16FNO4S. The van der Waals surface area contributed by atoms with E-state index in [1.165, 1.54) is 6.07 Å². The first kappa shape index (κ1) is 15.9. The minimum absolute atomic E-state index is 0.190. The highest BCUT2D eigenvalue weighted by atomic mass is 32.2. The van der Waals surface area contributed by atoms with Gasteiger partial charge in [0.05, 0.1) is 10.8 Å². The van der Waals surface area contributed by atoms with Crippen molar-refractivity contribution in [3.63, 3.8) is 0 Å². The maximum absolute atomic E-state index is 14.1. The molecule has 0 unspecified atom stereocenters. The summed E-state index contributed by atoms with van der Waals surface area (Å²) in [4.78, 5) is 11.0. The quantitative estimate of drug-likeness (QED) is 0.898. The van der Waals surface area contributed by atoms with Gasteiger partial charge in [-0.3, -0.25) is 4.79 Å². The Morgan fingerprint density at radius 2 is 1.96 bits per heavy atom. The van der Waals surface area contributed by atoms with E-state index in [2.05, 4.69) is 4.72 Å². The molecule has 7 heteroatoms. The molecule has 1 aliphatic carbocycles. The zero-order valence-electron chi connectivity index (χ0n) is 12.2. The van der Waals surface area contributed by atoms with Gasteiger partial charge in [0.15, 0.2) is 0 Å². The zero-order valence-corrected chi connectivity index (χ0v) is 13.0. The molecule has 122 valence electrons. The zero-order chi connectivity index (χ0) is 16.6. The number of carboxylic acids is 1. The summed E-state index contributed by atoms with van der Waals surface area (Å²) in [6.45, 7) is 0. The van der Waals surface area contributed by atoms with Crippen LogP contribution >= 0.6 is 0 Å². The van der Waals surface area contributed by atoms with Crippen molar-refractivity contribution in [2.24, 2.45) is 5.92 Å². The first-order valence-corrected chi connectivity index (χ1v) is 8.80. The third-order valence-electron chi connectivity index (χ3n) is 4.23. The summed E-state index contributed by atoms with van der Waals surface area (Å²) in [5.74, 6) is -2.38. The molecule has 2 aromatic carbocycles. The van der Waals surface area contributed by atoms with Crippen LogP contribution in [0.1, 0.15) is 19.3 Å². The third kappa shape index (κ3) is 3.07. The van der Waals surface area contributed by atoms with Gasteiger partial charge < -0.3 is 5.11 Å². The minimum Gasteiger partial charge on any atom is -0.481 e. The predicted molar refractivity (Wildman–Crippen MR) is 83.0 cm³/mol. The van der Waals surface area contributed by atoms with Crippen molar-refractivity contribution >= 4 is 26.8 Å². The van der Waals surface area contributed by atoms with Crippen molar-refractivity contribution in [3.05, 3.63) is 42.2 Å². The molecule has 2 atom stereocenters. The number of nitrogens with one attached hydrogen (secondary N) is 1. The van der Waals surface area contributed by atoms with E-state index in [0.717, 1.165) is 6.07 Å². The van der Waals surface area contributed by atoms with Crippen LogP contribution in [-0.4, -0.2) is 25.5 Å². The van der Waals surface area contributed by atoms with Crippen LogP contribution in [0.5, 0.6) is 0 Å². The largest absolute Gasteiger partial charge is 0.481 e. The molecule has 5 nitrogen and oxygen atoms in total. The summed E-state index contributed by atoms with van der Waals surface area (Å²) in [5, 5.41) is 9.97. The molecule has 23 heavy (non-hydrogen) atoms. The Balaban J connectivity index is 1.95. The Kier molecular flexibility index (Phi) is 4.08. The maximum atomic E-state index is 14.1. The van der Waals surface area contributed by atoms with E-state index in [0.29, 0.717) is 30.0 Å². The van der Waals surface area contributed by atoms with Crippen LogP contribution in [0.15, 0.2) is 41.3 Å². The number of carbonyl (C=O) groups is 1. The van der Waals surface area contributed by atoms with Gasteiger partial charge in [0.1, 0.15) is 5.82 Å². The second kappa shape index (κ2) is 5.90. The van der Waals surface area contributed by atoms with E-state index in [-0.39, 0.29) is 4.90 Å². The van der Waals surface area contributed by atoms with E-state index in [4.69, 9.17) is 5.11 Å². The average Bonchev–Trinajstić information content (AvgIpc) is 2.95. The van der Waals surface area contributed by atoms with Crippen LogP contribution in [0.3, 0.4) is 0 Å². The SMILES string of the molecule is O=C(O)[C@H]1CCC[C@H]1NS(=O)(=O)c1cc(F)c2ccccc2c1. The van der Waals surface area contributed by atoms with E-state index in [9.17, 15) is 17.6 Å². The lowest BCUT2D eigenvalue weighted by atomic mass is 10.1. The maximum Gasteiger partial charge on any atom is 0.308 e. The molecule has 0 aromatic heterocycles. The average molecular weight is 337 g/mol. The Labute approximate surface area is 133 Å². The van der Waals surface area contributed by atoms with E-state index in [1.54, 1.807) is 24.3 Å². The van der Waals surface area contributed by atoms with Crippen molar-refractivity contribution in [3.8, 4) is 0 Å². The molecule has 0 saturated heterocycles. The van der Waals surface area contributed by atoms with Gasteiger partial charge >= 0.3 is 5.97 Å². The smallest absolute Gasteiger partial charge is 0.308 e. The third-order valence-corrected chi connectivity index (χ3v) is 5.70. The monoisotopic (exact) mass is 337 g/mol. The van der Waals surface area contributed by atoms with E-state index in [1.807, 2.05) is 0 Å². The number of hydrogen-bond donors (Lipinski definition) is 2. The molecule has 0 heterocycles. The normalized spacial score (nSPS) is 21.6. The second-order valence-corrected chi connectivity index (χ2v) is 7.44. The predicted octanol–water partition coefficient (Wildman–Crippen LogP) is 2.51. The number of benzene rings is 2. The van der Waals surface area contributed by atoms with Crippen molar-refractivity contribution in [1.82, 2.24) is 4.72 Å². The van der Waals surface area contributed by atoms with Gasteiger partial charge in [0.2, 0.25) is 10.0 Å². The lowest BCUT2D eigenvalue weighted by molar-refractivity contribution is -0.141. The summed E-state index contributed by atoms with van der Waals surface area (Å²) in [5.41, 5.74) is 0. The topological polar surface area (TPSA) is 83.5 Å². The highest BCUT2D eigenvalue weighted by Crippen LogP contribution is 2.28. The van der Waals surface area contributed by atoms with Gasteiger partial charge in [-0.15, -0.1) is 0 Å². The van der Waals surface area contributed by atoms with Crippen molar-refractivity contribution in [1.29, 1.82) is 0 Å². The van der Waals surface area contributed by atoms with Crippen LogP contribution in [-0.2, 0) is 14.8 Å². The number of sulfonamides is 1. The fourth-order valence-electron chi connectivity index (χ4n) is 3.06. The van der Waals surface area contributed by atoms with Gasteiger partial charge in [0.25, 0.3) is 0 Å². The molecule has 0 bridgehead atoms. The molecule has 1 saturated carbocycles. The van der Waals surface area contributed by atoms with E-state index >= 15 is 0 Å². The summed E-state index contributed by atoms with van der Waals surface area (Å²) >= 11 is 0. The number of rotatable bonds is 4. The van der Waals surface area contributed by atoms with Crippen LogP contribution in [0.25, 0.3) is 10.8 Å². The van der Waals surface area contributed by atoms with Gasteiger partial charge in [-0.2, -0.15) is 0 Å². The van der Waals surface area contributed by atoms with Crippen molar-refractivity contribution < 1.29 is 22.7 Å². The Morgan fingerprint density at radius 1 is 1.22 bits per heavy atom. The summed E-state index contributed by atoms with van der Waals surface area (Å²) < 4.78 is 41.5. The van der Waals surface area contributed by atoms with E-state index < -0.39 is 33.8 Å². The fourth-order valence-corrected chi connectivity index (χ4v) is 4.41. The number of halogens is 1. The molecule has 0 spiro atoms. The number of carboxylic acid groups (broad SMARTS) is 1. The highest BCUT2D eigenvalue weighted by molar-refractivity contribution is 7.89. The standard InChI is InChI=1S/C16H16FNO4S/c17-14-9-11(8-10-4-1-2-5-12(10)14)23(21,22)18-15-7-3-6-13(15)16(19)20/h1-2,4-5,8-9,13,15,18H,3,6-7H2,(H,19,20)/t13-,15+/m0/s1. The molecule has 2 aromatic rings. The van der Waals surface area contributed by atoms with Gasteiger partial charge in [-0.25, -0.2) is 17.5 Å². The number of fused-ring (bicyclic) bond motifs is 1. The van der Waals surface area contributed by atoms with Crippen LogP contribution in [0, 0.1) is 11.7 Å². The van der Waals surface area contributed by atoms with Gasteiger partial charge in [-0.05, 0) is 30.4 Å². The first-order valence-electron chi connectivity index (χ1n) is 7.32. The molecule has 1 fully saturated rings. The first-order chi connectivity index (χ1) is 10.9. The Morgan fingerprint density at radius 3 is 2.70 bits per heavy atom. The fraction of sp³-hybridized carbons (Fsp3) is 0.312. The Hall–Kier alpha value is -1.99. The molecule has 2 N–H and O–H groups in total. The number of aliphatic carboxylic acids is 1. The highest BCUT2D eigenvalue weighted by Gasteiger charge is 2.36. The van der Waals surface area contributed by atoms with Crippen molar-refractivity contribution in [2.45, 2.75) is 30.2 Å². The summed E-state index contributed by atoms with van der Waals surface area (Å²) in [6.07, 6.45) is 1.55. The minimum atomic E-state index is -3.98. The van der Waals surface area contributed by atoms with Crippen LogP contribution in [0.2, 0.25) is 0 Å². The molecular weight excluding hydrogens is 321 g/mol. The lowest BCUT2D eigenvalue weighted by Gasteiger charge is -2.18. The Bertz CT molecular complexity index is 866. The summed E-state index contributed by atoms with van der Waals surface area (Å²) in [7, 11) is -3.98. The van der Waals surface area contributed by atoms with Gasteiger partial charge in [0, 0.05) is 11.4 Å². The van der Waals surface area contributed by atoms with Crippen LogP contribution in [0.4, 0.5) is 4.39 Å². The molecule has 3 rings (SSSR count). The number of hydrogen-bond acceptors (Lipinski definition) is 3. The molecule has 0 aliphatic heterocycles. The summed E-state index contributed by atoms with van der Waals surface area (Å²) in [6, 6.07) is 8.28. The molecule has 0 radical (unpaired) electrons. The molecule has 1 aliphatic rings. The second-order valence-electron chi connectivity index (χ2n) is 5.73. The van der Waals surface area contributed by atoms with Crippen LogP contribution < -0.4 is 4.72 Å². The van der Waals surface area contributed by atoms with Crippen molar-refractivity contribution in [2.75, 3.05) is 0 Å². The molecule has 0 amide bonds. The lowest BCUT2D eigenvalue weighted by Crippen LogP contribution is -2.40.